The molecule has 6 nitrogen and oxygen atoms in total. The van der Waals surface area contributed by atoms with Crippen molar-refractivity contribution in [2.75, 3.05) is 11.3 Å². The van der Waals surface area contributed by atoms with Crippen LogP contribution in [0.2, 0.25) is 0 Å². The molecule has 0 fully saturated rings. The van der Waals surface area contributed by atoms with Gasteiger partial charge in [0.05, 0.1) is 12.3 Å². The zero-order valence-corrected chi connectivity index (χ0v) is 10.5. The third-order valence-corrected chi connectivity index (χ3v) is 3.02. The Bertz CT molecular complexity index is 539. The molecule has 0 spiro atoms. The second kappa shape index (κ2) is 5.34. The van der Waals surface area contributed by atoms with Crippen LogP contribution < -0.4 is 4.72 Å². The van der Waals surface area contributed by atoms with E-state index in [9.17, 15) is 22.0 Å². The summed E-state index contributed by atoms with van der Waals surface area (Å²) in [6.07, 6.45) is 1.11. The molecule has 1 heterocycles. The number of anilines is 1. The van der Waals surface area contributed by atoms with Gasteiger partial charge in [0.15, 0.2) is 0 Å². The van der Waals surface area contributed by atoms with Gasteiger partial charge in [-0.3, -0.25) is 4.72 Å². The molecule has 2 N–H and O–H groups in total. The van der Waals surface area contributed by atoms with Crippen molar-refractivity contribution in [2.24, 2.45) is 0 Å². The van der Waals surface area contributed by atoms with Gasteiger partial charge in [0, 0.05) is 11.9 Å². The summed E-state index contributed by atoms with van der Waals surface area (Å²) in [6.45, 7) is 3.15. The van der Waals surface area contributed by atoms with Crippen LogP contribution in [0, 0.1) is 6.92 Å². The number of hydrogen-bond donors (Lipinski definition) is 2. The van der Waals surface area contributed by atoms with Crippen LogP contribution in [0.3, 0.4) is 0 Å². The van der Waals surface area contributed by atoms with Gasteiger partial charge in [-0.25, -0.2) is 13.2 Å². The van der Waals surface area contributed by atoms with Crippen LogP contribution in [0.4, 0.5) is 14.5 Å². The highest BCUT2D eigenvalue weighted by Gasteiger charge is 2.27. The largest absolute Gasteiger partial charge is 0.462 e. The Morgan fingerprint density at radius 2 is 2.17 bits per heavy atom. The van der Waals surface area contributed by atoms with E-state index in [0.29, 0.717) is 5.69 Å². The van der Waals surface area contributed by atoms with E-state index in [4.69, 9.17) is 4.74 Å². The molecular formula is C9H12F2N2O4S. The first kappa shape index (κ1) is 14.4. The molecule has 0 unspecified atom stereocenters. The van der Waals surface area contributed by atoms with E-state index < -0.39 is 21.8 Å². The fourth-order valence-corrected chi connectivity index (χ4v) is 1.83. The summed E-state index contributed by atoms with van der Waals surface area (Å²) in [6, 6.07) is 0. The van der Waals surface area contributed by atoms with Crippen molar-refractivity contribution in [3.63, 3.8) is 0 Å². The standard InChI is InChI=1S/C9H12F2N2O4S/c1-3-17-8(14)7-5(2)12-4-6(7)13-18(15,16)9(10)11/h4,9,12-13H,3H2,1-2H3. The third-order valence-electron chi connectivity index (χ3n) is 2.04. The molecular weight excluding hydrogens is 270 g/mol. The van der Waals surface area contributed by atoms with Crippen molar-refractivity contribution < 1.29 is 26.7 Å². The number of esters is 1. The second-order valence-corrected chi connectivity index (χ2v) is 4.98. The first-order valence-corrected chi connectivity index (χ1v) is 6.49. The number of sulfonamides is 1. The lowest BCUT2D eigenvalue weighted by Crippen LogP contribution is -2.21. The van der Waals surface area contributed by atoms with Crippen LogP contribution in [0.15, 0.2) is 6.20 Å². The first-order valence-electron chi connectivity index (χ1n) is 4.94. The van der Waals surface area contributed by atoms with Crippen LogP contribution in [-0.4, -0.2) is 31.7 Å². The number of carbonyl (C=O) groups excluding carboxylic acids is 1. The van der Waals surface area contributed by atoms with Crippen molar-refractivity contribution in [1.29, 1.82) is 0 Å². The SMILES string of the molecule is CCOC(=O)c1c(NS(=O)(=O)C(F)F)c[nH]c1C. The van der Waals surface area contributed by atoms with Gasteiger partial charge in [-0.1, -0.05) is 0 Å². The minimum atomic E-state index is -4.82. The molecule has 0 amide bonds. The van der Waals surface area contributed by atoms with Crippen molar-refractivity contribution in [3.8, 4) is 0 Å². The Morgan fingerprint density at radius 1 is 1.56 bits per heavy atom. The Hall–Kier alpha value is -1.64. The zero-order valence-electron chi connectivity index (χ0n) is 9.66. The Balaban J connectivity index is 3.09. The summed E-state index contributed by atoms with van der Waals surface area (Å²) < 4.78 is 52.8. The molecule has 1 aromatic heterocycles. The molecule has 102 valence electrons. The maximum absolute atomic E-state index is 12.2. The summed E-state index contributed by atoms with van der Waals surface area (Å²) in [5, 5.41) is 0. The summed E-state index contributed by atoms with van der Waals surface area (Å²) in [5.74, 6) is -4.37. The van der Waals surface area contributed by atoms with Crippen LogP contribution >= 0.6 is 0 Å². The van der Waals surface area contributed by atoms with E-state index in [0.717, 1.165) is 6.20 Å². The van der Waals surface area contributed by atoms with E-state index in [1.165, 1.54) is 6.92 Å². The van der Waals surface area contributed by atoms with Crippen molar-refractivity contribution >= 4 is 21.7 Å². The van der Waals surface area contributed by atoms with Crippen LogP contribution in [-0.2, 0) is 14.8 Å². The highest BCUT2D eigenvalue weighted by Crippen LogP contribution is 2.22. The van der Waals surface area contributed by atoms with Gasteiger partial charge in [-0.2, -0.15) is 8.78 Å². The van der Waals surface area contributed by atoms with Crippen molar-refractivity contribution in [2.45, 2.75) is 19.6 Å². The quantitative estimate of drug-likeness (QED) is 0.800. The number of H-pyrrole nitrogens is 1. The van der Waals surface area contributed by atoms with E-state index in [-0.39, 0.29) is 17.9 Å². The van der Waals surface area contributed by atoms with Gasteiger partial charge in [0.2, 0.25) is 0 Å². The molecule has 9 heteroatoms. The lowest BCUT2D eigenvalue weighted by molar-refractivity contribution is 0.0527. The zero-order chi connectivity index (χ0) is 13.9. The molecule has 0 aromatic carbocycles. The predicted molar refractivity (Wildman–Crippen MR) is 60.0 cm³/mol. The van der Waals surface area contributed by atoms with E-state index in [2.05, 4.69) is 4.98 Å². The number of ether oxygens (including phenoxy) is 1. The Kier molecular flexibility index (Phi) is 4.28. The van der Waals surface area contributed by atoms with Crippen LogP contribution in [0.1, 0.15) is 23.0 Å². The third kappa shape index (κ3) is 2.97. The van der Waals surface area contributed by atoms with Gasteiger partial charge >= 0.3 is 11.7 Å². The number of rotatable bonds is 5. The number of aromatic amines is 1. The highest BCUT2D eigenvalue weighted by atomic mass is 32.2. The van der Waals surface area contributed by atoms with Gasteiger partial charge in [0.1, 0.15) is 5.56 Å². The number of alkyl halides is 2. The molecule has 0 saturated carbocycles. The normalized spacial score (nSPS) is 11.6. The average Bonchev–Trinajstić information content (AvgIpc) is 2.59. The van der Waals surface area contributed by atoms with Gasteiger partial charge in [-0.05, 0) is 13.8 Å². The first-order chi connectivity index (χ1) is 8.29. The van der Waals surface area contributed by atoms with E-state index >= 15 is 0 Å². The molecule has 0 aliphatic carbocycles. The predicted octanol–water partition coefficient (Wildman–Crippen LogP) is 1.46. The molecule has 0 radical (unpaired) electrons. The molecule has 0 atom stereocenters. The molecule has 1 rings (SSSR count). The van der Waals surface area contributed by atoms with Gasteiger partial charge in [0.25, 0.3) is 10.0 Å². The maximum Gasteiger partial charge on any atom is 0.355 e. The average molecular weight is 282 g/mol. The minimum Gasteiger partial charge on any atom is -0.462 e. The topological polar surface area (TPSA) is 88.3 Å². The number of aryl methyl sites for hydroxylation is 1. The maximum atomic E-state index is 12.2. The summed E-state index contributed by atoms with van der Waals surface area (Å²) >= 11 is 0. The fraction of sp³-hybridized carbons (Fsp3) is 0.444. The highest BCUT2D eigenvalue weighted by molar-refractivity contribution is 7.93. The molecule has 0 aliphatic heterocycles. The lowest BCUT2D eigenvalue weighted by atomic mass is 10.2. The molecule has 18 heavy (non-hydrogen) atoms. The molecule has 0 aliphatic rings. The lowest BCUT2D eigenvalue weighted by Gasteiger charge is -2.08. The van der Waals surface area contributed by atoms with Crippen molar-refractivity contribution in [3.05, 3.63) is 17.5 Å². The molecule has 0 saturated heterocycles. The second-order valence-electron chi connectivity index (χ2n) is 3.33. The summed E-state index contributed by atoms with van der Waals surface area (Å²) in [5.41, 5.74) is -0.0484. The number of aromatic nitrogens is 1. The minimum absolute atomic E-state index is 0.0878. The number of nitrogens with one attached hydrogen (secondary N) is 2. The van der Waals surface area contributed by atoms with Gasteiger partial charge < -0.3 is 9.72 Å². The Labute approximate surface area is 102 Å². The number of hydrogen-bond acceptors (Lipinski definition) is 4. The summed E-state index contributed by atoms with van der Waals surface area (Å²) in [7, 11) is -4.82. The number of halogens is 2. The van der Waals surface area contributed by atoms with Gasteiger partial charge in [-0.15, -0.1) is 0 Å². The summed E-state index contributed by atoms with van der Waals surface area (Å²) in [4.78, 5) is 14.1. The van der Waals surface area contributed by atoms with E-state index in [1.807, 2.05) is 0 Å². The van der Waals surface area contributed by atoms with Crippen LogP contribution in [0.25, 0.3) is 0 Å². The van der Waals surface area contributed by atoms with Crippen LogP contribution in [0.5, 0.6) is 0 Å². The molecule has 0 bridgehead atoms. The number of carbonyl (C=O) groups is 1. The molecule has 1 aromatic rings. The van der Waals surface area contributed by atoms with Crippen molar-refractivity contribution in [1.82, 2.24) is 4.98 Å². The van der Waals surface area contributed by atoms with E-state index in [1.54, 1.807) is 11.6 Å². The fourth-order valence-electron chi connectivity index (χ4n) is 1.27. The Morgan fingerprint density at radius 3 is 2.67 bits per heavy atom. The smallest absolute Gasteiger partial charge is 0.355 e. The monoisotopic (exact) mass is 282 g/mol.